The number of carboxylic acid groups (broad SMARTS) is 1. The number of nitrogens with one attached hydrogen (secondary N) is 4. The van der Waals surface area contributed by atoms with Gasteiger partial charge in [-0.25, -0.2) is 4.79 Å². The lowest BCUT2D eigenvalue weighted by Crippen LogP contribution is -2.57. The first-order valence-electron chi connectivity index (χ1n) is 11.9. The van der Waals surface area contributed by atoms with Gasteiger partial charge >= 0.3 is 5.97 Å². The number of hydrogen-bond donors (Lipinski definition) is 8. The molecule has 0 aliphatic heterocycles. The smallest absolute Gasteiger partial charge is 0.326 e. The van der Waals surface area contributed by atoms with E-state index in [-0.39, 0.29) is 18.6 Å². The van der Waals surface area contributed by atoms with Crippen molar-refractivity contribution in [2.45, 2.75) is 44.0 Å². The molecule has 12 nitrogen and oxygen atoms in total. The molecule has 4 atom stereocenters. The molecule has 0 aliphatic carbocycles. The summed E-state index contributed by atoms with van der Waals surface area (Å²) in [4.78, 5) is 52.4. The number of aliphatic carboxylic acids is 1. The second-order valence-corrected chi connectivity index (χ2v) is 8.94. The minimum Gasteiger partial charge on any atom is -0.508 e. The molecular weight excluding hydrogens is 494 g/mol. The average molecular weight is 526 g/mol. The Morgan fingerprint density at radius 2 is 1.66 bits per heavy atom. The highest BCUT2D eigenvalue weighted by atomic mass is 16.4. The first-order valence-corrected chi connectivity index (χ1v) is 11.9. The Labute approximate surface area is 218 Å². The van der Waals surface area contributed by atoms with Gasteiger partial charge in [-0.3, -0.25) is 14.4 Å². The molecule has 3 aromatic rings. The number of carbonyl (C=O) groups excluding carboxylic acids is 3. The fraction of sp³-hybridized carbons (Fsp3) is 0.308. The topological polar surface area (TPSA) is 207 Å². The first-order chi connectivity index (χ1) is 18.0. The van der Waals surface area contributed by atoms with Crippen molar-refractivity contribution in [3.63, 3.8) is 0 Å². The van der Waals surface area contributed by atoms with Crippen LogP contribution in [-0.4, -0.2) is 74.8 Å². The van der Waals surface area contributed by atoms with Crippen LogP contribution in [0.3, 0.4) is 0 Å². The SMILES string of the molecule is CC(O)C(NC(=O)CNC(=O)C(N)Cc1ccc(O)cc1)C(=O)NC(Cc1c[nH]c2ccccc12)C(=O)O. The van der Waals surface area contributed by atoms with Gasteiger partial charge in [-0.05, 0) is 42.7 Å². The number of phenolic OH excluding ortho intramolecular Hbond substituents is 1. The third kappa shape index (κ3) is 7.54. The number of amides is 3. The van der Waals surface area contributed by atoms with Crippen molar-refractivity contribution in [1.29, 1.82) is 0 Å². The Kier molecular flexibility index (Phi) is 9.41. The normalized spacial score (nSPS) is 14.2. The Hall–Kier alpha value is -4.42. The number of carboxylic acids is 1. The number of aliphatic hydroxyl groups excluding tert-OH is 1. The molecule has 4 unspecified atom stereocenters. The molecule has 202 valence electrons. The van der Waals surface area contributed by atoms with Crippen molar-refractivity contribution in [2.24, 2.45) is 5.73 Å². The second kappa shape index (κ2) is 12.7. The van der Waals surface area contributed by atoms with E-state index in [9.17, 15) is 34.5 Å². The van der Waals surface area contributed by atoms with Crippen LogP contribution in [0.2, 0.25) is 0 Å². The number of benzene rings is 2. The van der Waals surface area contributed by atoms with Crippen LogP contribution in [0.4, 0.5) is 0 Å². The molecule has 12 heteroatoms. The maximum Gasteiger partial charge on any atom is 0.326 e. The van der Waals surface area contributed by atoms with Gasteiger partial charge in [0.05, 0.1) is 18.7 Å². The molecular formula is C26H31N5O7. The summed E-state index contributed by atoms with van der Waals surface area (Å²) in [7, 11) is 0. The van der Waals surface area contributed by atoms with E-state index < -0.39 is 54.5 Å². The largest absolute Gasteiger partial charge is 0.508 e. The van der Waals surface area contributed by atoms with Crippen LogP contribution < -0.4 is 21.7 Å². The zero-order valence-electron chi connectivity index (χ0n) is 20.7. The number of aliphatic hydroxyl groups is 1. The van der Waals surface area contributed by atoms with Crippen molar-refractivity contribution in [3.05, 3.63) is 65.9 Å². The van der Waals surface area contributed by atoms with Crippen LogP contribution in [-0.2, 0) is 32.0 Å². The van der Waals surface area contributed by atoms with Crippen molar-refractivity contribution < 1.29 is 34.5 Å². The van der Waals surface area contributed by atoms with Crippen molar-refractivity contribution in [1.82, 2.24) is 20.9 Å². The Balaban J connectivity index is 1.55. The monoisotopic (exact) mass is 525 g/mol. The van der Waals surface area contributed by atoms with E-state index >= 15 is 0 Å². The van der Waals surface area contributed by atoms with Gasteiger partial charge in [0.25, 0.3) is 0 Å². The number of phenols is 1. The van der Waals surface area contributed by atoms with Crippen molar-refractivity contribution in [3.8, 4) is 5.75 Å². The van der Waals surface area contributed by atoms with Gasteiger partial charge < -0.3 is 42.0 Å². The number of aromatic nitrogens is 1. The summed E-state index contributed by atoms with van der Waals surface area (Å²) >= 11 is 0. The molecule has 0 spiro atoms. The Morgan fingerprint density at radius 1 is 0.974 bits per heavy atom. The van der Waals surface area contributed by atoms with Crippen LogP contribution >= 0.6 is 0 Å². The van der Waals surface area contributed by atoms with Crippen LogP contribution in [0.1, 0.15) is 18.1 Å². The van der Waals surface area contributed by atoms with E-state index in [1.54, 1.807) is 18.3 Å². The zero-order valence-corrected chi connectivity index (χ0v) is 20.7. The lowest BCUT2D eigenvalue weighted by Gasteiger charge is -2.23. The molecule has 2 aromatic carbocycles. The molecule has 0 radical (unpaired) electrons. The highest BCUT2D eigenvalue weighted by Gasteiger charge is 2.30. The summed E-state index contributed by atoms with van der Waals surface area (Å²) in [5.41, 5.74) is 8.08. The highest BCUT2D eigenvalue weighted by Crippen LogP contribution is 2.19. The molecule has 38 heavy (non-hydrogen) atoms. The second-order valence-electron chi connectivity index (χ2n) is 8.94. The molecule has 0 aliphatic rings. The summed E-state index contributed by atoms with van der Waals surface area (Å²) in [6, 6.07) is 9.71. The summed E-state index contributed by atoms with van der Waals surface area (Å²) in [6.07, 6.45) is 0.448. The fourth-order valence-corrected chi connectivity index (χ4v) is 3.89. The molecule has 9 N–H and O–H groups in total. The number of carbonyl (C=O) groups is 4. The fourth-order valence-electron chi connectivity index (χ4n) is 3.89. The third-order valence-corrected chi connectivity index (χ3v) is 5.95. The van der Waals surface area contributed by atoms with Gasteiger partial charge in [0.15, 0.2) is 0 Å². The summed E-state index contributed by atoms with van der Waals surface area (Å²) in [5.74, 6) is -3.49. The molecule has 3 rings (SSSR count). The number of aromatic hydroxyl groups is 1. The molecule has 0 saturated carbocycles. The highest BCUT2D eigenvalue weighted by molar-refractivity contribution is 5.93. The summed E-state index contributed by atoms with van der Waals surface area (Å²) in [5, 5.41) is 36.9. The van der Waals surface area contributed by atoms with Crippen LogP contribution in [0.25, 0.3) is 10.9 Å². The third-order valence-electron chi connectivity index (χ3n) is 5.95. The maximum atomic E-state index is 12.8. The van der Waals surface area contributed by atoms with E-state index in [0.717, 1.165) is 10.9 Å². The van der Waals surface area contributed by atoms with E-state index in [1.165, 1.54) is 19.1 Å². The van der Waals surface area contributed by atoms with Crippen LogP contribution in [0.5, 0.6) is 5.75 Å². The van der Waals surface area contributed by atoms with Gasteiger partial charge in [-0.2, -0.15) is 0 Å². The minimum atomic E-state index is -1.46. The first kappa shape index (κ1) is 28.2. The number of rotatable bonds is 12. The van der Waals surface area contributed by atoms with Crippen LogP contribution in [0, 0.1) is 0 Å². The molecule has 1 aromatic heterocycles. The van der Waals surface area contributed by atoms with Crippen molar-refractivity contribution in [2.75, 3.05) is 6.54 Å². The molecule has 0 bridgehead atoms. The Morgan fingerprint density at radius 3 is 2.32 bits per heavy atom. The van der Waals surface area contributed by atoms with Crippen LogP contribution in [0.15, 0.2) is 54.7 Å². The van der Waals surface area contributed by atoms with Crippen molar-refractivity contribution >= 4 is 34.6 Å². The number of aromatic amines is 1. The lowest BCUT2D eigenvalue weighted by molar-refractivity contribution is -0.142. The van der Waals surface area contributed by atoms with Gasteiger partial charge in [0.1, 0.15) is 17.8 Å². The number of para-hydroxylation sites is 1. The zero-order chi connectivity index (χ0) is 27.8. The summed E-state index contributed by atoms with van der Waals surface area (Å²) < 4.78 is 0. The molecule has 0 fully saturated rings. The Bertz CT molecular complexity index is 1290. The summed E-state index contributed by atoms with van der Waals surface area (Å²) in [6.45, 7) is 0.752. The number of fused-ring (bicyclic) bond motifs is 1. The van der Waals surface area contributed by atoms with E-state index in [2.05, 4.69) is 20.9 Å². The maximum absolute atomic E-state index is 12.8. The number of H-pyrrole nitrogens is 1. The minimum absolute atomic E-state index is 0.0272. The number of nitrogens with two attached hydrogens (primary N) is 1. The van der Waals surface area contributed by atoms with E-state index in [4.69, 9.17) is 5.73 Å². The van der Waals surface area contributed by atoms with Gasteiger partial charge in [-0.15, -0.1) is 0 Å². The van der Waals surface area contributed by atoms with Gasteiger partial charge in [0, 0.05) is 23.5 Å². The predicted molar refractivity (Wildman–Crippen MR) is 138 cm³/mol. The van der Waals surface area contributed by atoms with E-state index in [1.807, 2.05) is 24.3 Å². The molecule has 0 saturated heterocycles. The quantitative estimate of drug-likeness (QED) is 0.155. The van der Waals surface area contributed by atoms with Gasteiger partial charge in [-0.1, -0.05) is 30.3 Å². The van der Waals surface area contributed by atoms with E-state index in [0.29, 0.717) is 11.1 Å². The predicted octanol–water partition coefficient (Wildman–Crippen LogP) is -0.463. The average Bonchev–Trinajstić information content (AvgIpc) is 3.29. The lowest BCUT2D eigenvalue weighted by atomic mass is 10.0. The standard InChI is InChI=1S/C26H31N5O7/c1-14(32)23(31-22(34)13-29-24(35)19(27)10-15-6-8-17(33)9-7-15)25(36)30-21(26(37)38)11-16-12-28-20-5-3-2-4-18(16)20/h2-9,12,14,19,21,23,28,32-33H,10-11,13,27H2,1H3,(H,29,35)(H,30,36)(H,31,34)(H,37,38). The number of hydrogen-bond acceptors (Lipinski definition) is 7. The molecule has 1 heterocycles. The van der Waals surface area contributed by atoms with Gasteiger partial charge in [0.2, 0.25) is 17.7 Å². The molecule has 3 amide bonds.